The minimum absolute atomic E-state index is 0.0478. The van der Waals surface area contributed by atoms with Crippen molar-refractivity contribution < 1.29 is 4.79 Å². The van der Waals surface area contributed by atoms with E-state index in [-0.39, 0.29) is 17.7 Å². The number of rotatable bonds is 4. The normalized spacial score (nSPS) is 19.9. The first kappa shape index (κ1) is 14.2. The maximum Gasteiger partial charge on any atom is 0.165 e. The summed E-state index contributed by atoms with van der Waals surface area (Å²) in [7, 11) is 0. The Morgan fingerprint density at radius 3 is 2.27 bits per heavy atom. The first-order chi connectivity index (χ1) is 10.8. The van der Waals surface area contributed by atoms with Gasteiger partial charge >= 0.3 is 0 Å². The number of benzene rings is 2. The van der Waals surface area contributed by atoms with Gasteiger partial charge in [-0.05, 0) is 23.8 Å². The molecule has 2 heteroatoms. The van der Waals surface area contributed by atoms with Crippen LogP contribution in [0.15, 0.2) is 72.8 Å². The molecule has 0 aliphatic heterocycles. The molecule has 0 amide bonds. The minimum atomic E-state index is -0.199. The van der Waals surface area contributed by atoms with Crippen LogP contribution in [0.4, 0.5) is 5.69 Å². The number of nitrogens with zero attached hydrogens (tertiary/aromatic N) is 1. The highest BCUT2D eigenvalue weighted by molar-refractivity contribution is 5.99. The molecule has 22 heavy (non-hydrogen) atoms. The Labute approximate surface area is 131 Å². The van der Waals surface area contributed by atoms with Crippen molar-refractivity contribution in [1.29, 1.82) is 0 Å². The summed E-state index contributed by atoms with van der Waals surface area (Å²) in [5.41, 5.74) is 2.06. The van der Waals surface area contributed by atoms with E-state index in [9.17, 15) is 4.79 Å². The number of carbonyl (C=O) groups excluding carboxylic acids is 1. The Morgan fingerprint density at radius 1 is 1.00 bits per heavy atom. The SMILES string of the molecule is C#CCN(c1ccccc1)[C@H]1C=CC(=O)[C@@H]1c1ccccc1. The van der Waals surface area contributed by atoms with Gasteiger partial charge in [-0.3, -0.25) is 4.79 Å². The van der Waals surface area contributed by atoms with E-state index in [0.717, 1.165) is 11.3 Å². The summed E-state index contributed by atoms with van der Waals surface area (Å²) in [4.78, 5) is 14.5. The van der Waals surface area contributed by atoms with Gasteiger partial charge in [0, 0.05) is 5.69 Å². The summed E-state index contributed by atoms with van der Waals surface area (Å²) in [5.74, 6) is 2.64. The number of terminal acetylenes is 1. The standard InChI is InChI=1S/C20H17NO/c1-2-15-21(17-11-7-4-8-12-17)18-13-14-19(22)20(18)16-9-5-3-6-10-16/h1,3-14,18,20H,15H2/t18-,20+/m0/s1. The molecule has 0 radical (unpaired) electrons. The van der Waals surface area contributed by atoms with Crippen molar-refractivity contribution in [1.82, 2.24) is 0 Å². The summed E-state index contributed by atoms with van der Waals surface area (Å²) in [6.07, 6.45) is 9.19. The summed E-state index contributed by atoms with van der Waals surface area (Å²) in [6, 6.07) is 19.8. The average molecular weight is 287 g/mol. The lowest BCUT2D eigenvalue weighted by Crippen LogP contribution is -2.38. The molecule has 2 aromatic rings. The fourth-order valence-corrected chi connectivity index (χ4v) is 2.97. The third kappa shape index (κ3) is 2.66. The van der Waals surface area contributed by atoms with Crippen LogP contribution >= 0.6 is 0 Å². The molecule has 0 saturated heterocycles. The molecule has 2 atom stereocenters. The highest BCUT2D eigenvalue weighted by Crippen LogP contribution is 2.33. The number of carbonyl (C=O) groups is 1. The Kier molecular flexibility index (Phi) is 4.07. The molecule has 0 spiro atoms. The van der Waals surface area contributed by atoms with Gasteiger partial charge in [-0.2, -0.15) is 0 Å². The Balaban J connectivity index is 1.98. The third-order valence-corrected chi connectivity index (χ3v) is 3.97. The van der Waals surface area contributed by atoms with Gasteiger partial charge in [0.15, 0.2) is 5.78 Å². The second kappa shape index (κ2) is 6.32. The lowest BCUT2D eigenvalue weighted by Gasteiger charge is -2.32. The van der Waals surface area contributed by atoms with E-state index in [2.05, 4.69) is 10.8 Å². The molecule has 2 aromatic carbocycles. The molecular formula is C20H17NO. The predicted octanol–water partition coefficient (Wildman–Crippen LogP) is 3.42. The summed E-state index contributed by atoms with van der Waals surface area (Å²) < 4.78 is 0. The highest BCUT2D eigenvalue weighted by atomic mass is 16.1. The monoisotopic (exact) mass is 287 g/mol. The highest BCUT2D eigenvalue weighted by Gasteiger charge is 2.35. The Hall–Kier alpha value is -2.79. The van der Waals surface area contributed by atoms with Crippen molar-refractivity contribution in [3.63, 3.8) is 0 Å². The van der Waals surface area contributed by atoms with Gasteiger partial charge in [0.05, 0.1) is 18.5 Å². The summed E-state index contributed by atoms with van der Waals surface area (Å²) in [6.45, 7) is 0.468. The van der Waals surface area contributed by atoms with Crippen LogP contribution < -0.4 is 4.90 Å². The van der Waals surface area contributed by atoms with Gasteiger partial charge in [-0.1, -0.05) is 60.5 Å². The number of hydrogen-bond acceptors (Lipinski definition) is 2. The van der Waals surface area contributed by atoms with E-state index in [1.165, 1.54) is 0 Å². The molecule has 1 aliphatic rings. The summed E-state index contributed by atoms with van der Waals surface area (Å²) >= 11 is 0. The lowest BCUT2D eigenvalue weighted by molar-refractivity contribution is -0.115. The van der Waals surface area contributed by atoms with Crippen LogP contribution in [-0.2, 0) is 4.79 Å². The fraction of sp³-hybridized carbons (Fsp3) is 0.150. The van der Waals surface area contributed by atoms with Crippen LogP contribution in [-0.4, -0.2) is 18.4 Å². The van der Waals surface area contributed by atoms with E-state index in [0.29, 0.717) is 6.54 Å². The van der Waals surface area contributed by atoms with Crippen molar-refractivity contribution in [2.24, 2.45) is 0 Å². The van der Waals surface area contributed by atoms with Gasteiger partial charge in [-0.15, -0.1) is 6.42 Å². The fourth-order valence-electron chi connectivity index (χ4n) is 2.97. The molecular weight excluding hydrogens is 270 g/mol. The predicted molar refractivity (Wildman–Crippen MR) is 89.7 cm³/mol. The lowest BCUT2D eigenvalue weighted by atomic mass is 9.91. The van der Waals surface area contributed by atoms with Gasteiger partial charge in [0.1, 0.15) is 0 Å². The van der Waals surface area contributed by atoms with E-state index < -0.39 is 0 Å². The quantitative estimate of drug-likeness (QED) is 0.803. The first-order valence-corrected chi connectivity index (χ1v) is 7.33. The smallest absolute Gasteiger partial charge is 0.165 e. The Morgan fingerprint density at radius 2 is 1.64 bits per heavy atom. The number of anilines is 1. The second-order valence-corrected chi connectivity index (χ2v) is 5.31. The van der Waals surface area contributed by atoms with Crippen LogP contribution in [0.3, 0.4) is 0 Å². The molecule has 0 saturated carbocycles. The van der Waals surface area contributed by atoms with Crippen LogP contribution in [0.2, 0.25) is 0 Å². The van der Waals surface area contributed by atoms with Crippen LogP contribution in [0, 0.1) is 12.3 Å². The maximum absolute atomic E-state index is 12.4. The van der Waals surface area contributed by atoms with E-state index in [1.807, 2.05) is 66.7 Å². The maximum atomic E-state index is 12.4. The van der Waals surface area contributed by atoms with Crippen LogP contribution in [0.1, 0.15) is 11.5 Å². The average Bonchev–Trinajstić information content (AvgIpc) is 2.95. The third-order valence-electron chi connectivity index (χ3n) is 3.97. The van der Waals surface area contributed by atoms with Gasteiger partial charge in [0.25, 0.3) is 0 Å². The molecule has 0 fully saturated rings. The van der Waals surface area contributed by atoms with Gasteiger partial charge in [0.2, 0.25) is 0 Å². The molecule has 108 valence electrons. The van der Waals surface area contributed by atoms with E-state index >= 15 is 0 Å². The topological polar surface area (TPSA) is 20.3 Å². The zero-order valence-electron chi connectivity index (χ0n) is 12.2. The van der Waals surface area contributed by atoms with Crippen molar-refractivity contribution >= 4 is 11.5 Å². The molecule has 2 nitrogen and oxygen atoms in total. The van der Waals surface area contributed by atoms with Crippen molar-refractivity contribution in [2.75, 3.05) is 11.4 Å². The zero-order valence-corrected chi connectivity index (χ0v) is 12.2. The largest absolute Gasteiger partial charge is 0.353 e. The molecule has 0 bridgehead atoms. The van der Waals surface area contributed by atoms with Crippen molar-refractivity contribution in [3.05, 3.63) is 78.4 Å². The number of para-hydroxylation sites is 1. The summed E-state index contributed by atoms with van der Waals surface area (Å²) in [5, 5.41) is 0. The molecule has 0 heterocycles. The van der Waals surface area contributed by atoms with E-state index in [4.69, 9.17) is 6.42 Å². The molecule has 0 N–H and O–H groups in total. The Bertz CT molecular complexity index is 712. The zero-order chi connectivity index (χ0) is 15.4. The number of ketones is 1. The molecule has 1 aliphatic carbocycles. The van der Waals surface area contributed by atoms with Crippen LogP contribution in [0.5, 0.6) is 0 Å². The first-order valence-electron chi connectivity index (χ1n) is 7.33. The second-order valence-electron chi connectivity index (χ2n) is 5.31. The van der Waals surface area contributed by atoms with E-state index in [1.54, 1.807) is 6.08 Å². The van der Waals surface area contributed by atoms with Gasteiger partial charge in [-0.25, -0.2) is 0 Å². The van der Waals surface area contributed by atoms with Crippen molar-refractivity contribution in [2.45, 2.75) is 12.0 Å². The molecule has 0 unspecified atom stereocenters. The van der Waals surface area contributed by atoms with Crippen LogP contribution in [0.25, 0.3) is 0 Å². The molecule has 3 rings (SSSR count). The number of hydrogen-bond donors (Lipinski definition) is 0. The number of allylic oxidation sites excluding steroid dienone is 1. The minimum Gasteiger partial charge on any atom is -0.353 e. The van der Waals surface area contributed by atoms with Gasteiger partial charge < -0.3 is 4.90 Å². The molecule has 0 aromatic heterocycles. The van der Waals surface area contributed by atoms with Crippen molar-refractivity contribution in [3.8, 4) is 12.3 Å².